The van der Waals surface area contributed by atoms with E-state index in [1.165, 1.54) is 14.2 Å². The van der Waals surface area contributed by atoms with Gasteiger partial charge in [0.1, 0.15) is 11.7 Å². The number of nitrogens with zero attached hydrogens (tertiary/aromatic N) is 2. The Morgan fingerprint density at radius 3 is 2.62 bits per heavy atom. The summed E-state index contributed by atoms with van der Waals surface area (Å²) in [4.78, 5) is 12.4. The van der Waals surface area contributed by atoms with Crippen LogP contribution in [0.3, 0.4) is 0 Å². The van der Waals surface area contributed by atoms with Gasteiger partial charge in [-0.1, -0.05) is 26.0 Å². The highest BCUT2D eigenvalue weighted by atomic mass is 16.5. The van der Waals surface area contributed by atoms with E-state index in [0.717, 1.165) is 5.69 Å². The van der Waals surface area contributed by atoms with E-state index in [1.54, 1.807) is 24.3 Å². The van der Waals surface area contributed by atoms with Gasteiger partial charge in [-0.3, -0.25) is 9.89 Å². The number of benzene rings is 1. The average Bonchev–Trinajstić information content (AvgIpc) is 3.09. The summed E-state index contributed by atoms with van der Waals surface area (Å²) in [7, 11) is 3.00. The van der Waals surface area contributed by atoms with Crippen molar-refractivity contribution < 1.29 is 14.3 Å². The molecule has 0 saturated heterocycles. The Balaban J connectivity index is 2.26. The van der Waals surface area contributed by atoms with Gasteiger partial charge >= 0.3 is 0 Å². The number of carbonyl (C=O) groups is 1. The number of H-pyrrole nitrogens is 1. The molecule has 1 aromatic carbocycles. The second-order valence-corrected chi connectivity index (χ2v) is 5.48. The quantitative estimate of drug-likeness (QED) is 0.849. The lowest BCUT2D eigenvalue weighted by Gasteiger charge is -2.16. The van der Waals surface area contributed by atoms with Gasteiger partial charge in [0.15, 0.2) is 11.5 Å². The molecule has 126 valence electrons. The summed E-state index contributed by atoms with van der Waals surface area (Å²) in [5.74, 6) is 0.696. The predicted molar refractivity (Wildman–Crippen MR) is 88.0 cm³/mol. The first kappa shape index (κ1) is 17.3. The van der Waals surface area contributed by atoms with Crippen LogP contribution in [-0.2, 0) is 0 Å². The minimum absolute atomic E-state index is 0.226. The molecule has 0 aliphatic rings. The minimum atomic E-state index is -0.887. The summed E-state index contributed by atoms with van der Waals surface area (Å²) in [5, 5.41) is 18.9. The molecule has 0 aliphatic heterocycles. The fourth-order valence-corrected chi connectivity index (χ4v) is 2.27. The zero-order valence-electron chi connectivity index (χ0n) is 14.1. The van der Waals surface area contributed by atoms with E-state index in [1.807, 2.05) is 13.8 Å². The van der Waals surface area contributed by atoms with E-state index >= 15 is 0 Å². The second-order valence-electron chi connectivity index (χ2n) is 5.48. The lowest BCUT2D eigenvalue weighted by atomic mass is 10.1. The summed E-state index contributed by atoms with van der Waals surface area (Å²) >= 11 is 0. The zero-order valence-corrected chi connectivity index (χ0v) is 14.1. The maximum atomic E-state index is 12.4. The van der Waals surface area contributed by atoms with Crippen LogP contribution in [0.5, 0.6) is 11.5 Å². The maximum absolute atomic E-state index is 12.4. The third-order valence-electron chi connectivity index (χ3n) is 3.60. The Morgan fingerprint density at radius 1 is 1.33 bits per heavy atom. The monoisotopic (exact) mass is 328 g/mol. The number of carbonyl (C=O) groups excluding carboxylic acids is 1. The van der Waals surface area contributed by atoms with Crippen LogP contribution in [0.4, 0.5) is 0 Å². The summed E-state index contributed by atoms with van der Waals surface area (Å²) in [6.45, 7) is 3.99. The normalized spacial score (nSPS) is 11.7. The molecule has 2 aromatic rings. The minimum Gasteiger partial charge on any atom is -0.493 e. The largest absolute Gasteiger partial charge is 0.493 e. The van der Waals surface area contributed by atoms with Gasteiger partial charge in [0.05, 0.1) is 20.3 Å². The van der Waals surface area contributed by atoms with Gasteiger partial charge < -0.3 is 14.8 Å². The molecule has 0 saturated carbocycles. The van der Waals surface area contributed by atoms with Crippen molar-refractivity contribution in [3.63, 3.8) is 0 Å². The lowest BCUT2D eigenvalue weighted by Crippen LogP contribution is -2.28. The fraction of sp³-hybridized carbons (Fsp3) is 0.353. The Bertz CT molecular complexity index is 761. The molecule has 1 atom stereocenters. The molecular weight excluding hydrogens is 308 g/mol. The molecule has 24 heavy (non-hydrogen) atoms. The molecule has 2 rings (SSSR count). The van der Waals surface area contributed by atoms with Gasteiger partial charge in [-0.2, -0.15) is 10.4 Å². The first-order chi connectivity index (χ1) is 11.5. The summed E-state index contributed by atoms with van der Waals surface area (Å²) < 4.78 is 10.6. The summed E-state index contributed by atoms with van der Waals surface area (Å²) in [6.07, 6.45) is 0. The number of methoxy groups -OCH3 is 2. The molecule has 0 aliphatic carbocycles. The Morgan fingerprint density at radius 2 is 2.08 bits per heavy atom. The third kappa shape index (κ3) is 3.49. The lowest BCUT2D eigenvalue weighted by molar-refractivity contribution is 0.0939. The third-order valence-corrected chi connectivity index (χ3v) is 3.60. The number of rotatable bonds is 6. The van der Waals surface area contributed by atoms with Gasteiger partial charge in [0, 0.05) is 11.3 Å². The van der Waals surface area contributed by atoms with Gasteiger partial charge in [0.2, 0.25) is 0 Å². The van der Waals surface area contributed by atoms with Gasteiger partial charge in [-0.05, 0) is 18.1 Å². The van der Waals surface area contributed by atoms with E-state index in [0.29, 0.717) is 17.1 Å². The number of ether oxygens (including phenoxy) is 2. The van der Waals surface area contributed by atoms with Gasteiger partial charge in [-0.15, -0.1) is 0 Å². The first-order valence-electron chi connectivity index (χ1n) is 7.48. The topological polar surface area (TPSA) is 100 Å². The number of amides is 1. The summed E-state index contributed by atoms with van der Waals surface area (Å²) in [5.41, 5.74) is 1.61. The van der Waals surface area contributed by atoms with Crippen LogP contribution in [0.25, 0.3) is 0 Å². The highest BCUT2D eigenvalue weighted by Gasteiger charge is 2.22. The molecule has 0 radical (unpaired) electrons. The van der Waals surface area contributed by atoms with Gasteiger partial charge in [-0.25, -0.2) is 0 Å². The number of para-hydroxylation sites is 1. The number of hydrogen-bond donors (Lipinski definition) is 2. The van der Waals surface area contributed by atoms with E-state index in [4.69, 9.17) is 9.47 Å². The molecule has 1 amide bonds. The molecule has 1 aromatic heterocycles. The smallest absolute Gasteiger partial charge is 0.273 e. The number of aromatic nitrogens is 2. The molecule has 0 spiro atoms. The zero-order chi connectivity index (χ0) is 17.7. The molecule has 7 nitrogen and oxygen atoms in total. The first-order valence-corrected chi connectivity index (χ1v) is 7.48. The van der Waals surface area contributed by atoms with Crippen LogP contribution in [0.15, 0.2) is 24.3 Å². The van der Waals surface area contributed by atoms with Crippen LogP contribution in [0.1, 0.15) is 47.6 Å². The van der Waals surface area contributed by atoms with Crippen LogP contribution in [0.2, 0.25) is 0 Å². The SMILES string of the molecule is COc1cccc(C(C#N)NC(=O)c2cc(C(C)C)[nH]n2)c1OC. The van der Waals surface area contributed by atoms with Crippen molar-refractivity contribution >= 4 is 5.91 Å². The molecule has 7 heteroatoms. The Kier molecular flexibility index (Phi) is 5.42. The van der Waals surface area contributed by atoms with Gasteiger partial charge in [0.25, 0.3) is 5.91 Å². The number of hydrogen-bond acceptors (Lipinski definition) is 5. The van der Waals surface area contributed by atoms with Crippen LogP contribution >= 0.6 is 0 Å². The van der Waals surface area contributed by atoms with Crippen LogP contribution < -0.4 is 14.8 Å². The van der Waals surface area contributed by atoms with Crippen molar-refractivity contribution in [3.05, 3.63) is 41.2 Å². The molecule has 1 heterocycles. The molecule has 2 N–H and O–H groups in total. The van der Waals surface area contributed by atoms with Crippen molar-refractivity contribution in [2.75, 3.05) is 14.2 Å². The van der Waals surface area contributed by atoms with Crippen molar-refractivity contribution in [3.8, 4) is 17.6 Å². The average molecular weight is 328 g/mol. The van der Waals surface area contributed by atoms with E-state index < -0.39 is 11.9 Å². The molecule has 1 unspecified atom stereocenters. The Labute approximate surface area is 140 Å². The number of nitrogens with one attached hydrogen (secondary N) is 2. The van der Waals surface area contributed by atoms with E-state index in [2.05, 4.69) is 21.6 Å². The van der Waals surface area contributed by atoms with E-state index in [-0.39, 0.29) is 11.6 Å². The number of aromatic amines is 1. The molecular formula is C17H20N4O3. The second kappa shape index (κ2) is 7.51. The maximum Gasteiger partial charge on any atom is 0.273 e. The van der Waals surface area contributed by atoms with Crippen LogP contribution in [-0.4, -0.2) is 30.3 Å². The van der Waals surface area contributed by atoms with Crippen molar-refractivity contribution in [1.82, 2.24) is 15.5 Å². The van der Waals surface area contributed by atoms with Crippen molar-refractivity contribution in [2.45, 2.75) is 25.8 Å². The Hall–Kier alpha value is -3.01. The van der Waals surface area contributed by atoms with Crippen LogP contribution in [0, 0.1) is 11.3 Å². The summed E-state index contributed by atoms with van der Waals surface area (Å²) in [6, 6.07) is 8.03. The van der Waals surface area contributed by atoms with E-state index in [9.17, 15) is 10.1 Å². The predicted octanol–water partition coefficient (Wildman–Crippen LogP) is 2.54. The molecule has 0 fully saturated rings. The van der Waals surface area contributed by atoms with Crippen molar-refractivity contribution in [1.29, 1.82) is 5.26 Å². The highest BCUT2D eigenvalue weighted by Crippen LogP contribution is 2.34. The highest BCUT2D eigenvalue weighted by molar-refractivity contribution is 5.93. The van der Waals surface area contributed by atoms with Crippen molar-refractivity contribution in [2.24, 2.45) is 0 Å². The fourth-order valence-electron chi connectivity index (χ4n) is 2.27. The standard InChI is InChI=1S/C17H20N4O3/c1-10(2)12-8-13(21-20-12)17(22)19-14(9-18)11-6-5-7-15(23-3)16(11)24-4/h5-8,10,14H,1-4H3,(H,19,22)(H,20,21). The molecule has 0 bridgehead atoms. The number of nitriles is 1.